The van der Waals surface area contributed by atoms with Gasteiger partial charge in [0.2, 0.25) is 0 Å². The van der Waals surface area contributed by atoms with E-state index in [0.29, 0.717) is 16.8 Å². The molecule has 3 nitrogen and oxygen atoms in total. The summed E-state index contributed by atoms with van der Waals surface area (Å²) in [5.74, 6) is 3.43. The fourth-order valence-electron chi connectivity index (χ4n) is 3.80. The van der Waals surface area contributed by atoms with Crippen LogP contribution >= 0.6 is 11.6 Å². The van der Waals surface area contributed by atoms with Crippen LogP contribution in [0.3, 0.4) is 0 Å². The lowest BCUT2D eigenvalue weighted by molar-refractivity contribution is 0.304. The highest BCUT2D eigenvalue weighted by molar-refractivity contribution is 6.30. The van der Waals surface area contributed by atoms with Crippen LogP contribution in [-0.4, -0.2) is 11.0 Å². The Hall–Kier alpha value is -0.960. The van der Waals surface area contributed by atoms with Crippen LogP contribution < -0.4 is 11.1 Å². The Morgan fingerprint density at radius 2 is 2.28 bits per heavy atom. The monoisotopic (exact) mass is 265 g/mol. The molecular formula is C14H20ClN3. The van der Waals surface area contributed by atoms with Crippen LogP contribution in [0.5, 0.6) is 0 Å². The first-order chi connectivity index (χ1) is 8.63. The number of anilines is 2. The summed E-state index contributed by atoms with van der Waals surface area (Å²) in [6.07, 6.45) is 7.29. The Bertz CT molecular complexity index is 449. The summed E-state index contributed by atoms with van der Waals surface area (Å²) in [7, 11) is 0. The zero-order valence-electron chi connectivity index (χ0n) is 10.7. The second kappa shape index (κ2) is 4.61. The zero-order chi connectivity index (χ0) is 12.7. The van der Waals surface area contributed by atoms with Crippen molar-refractivity contribution in [3.63, 3.8) is 0 Å². The molecule has 1 heterocycles. The smallest absolute Gasteiger partial charge is 0.149 e. The van der Waals surface area contributed by atoms with Crippen molar-refractivity contribution in [3.8, 4) is 0 Å². The average Bonchev–Trinajstić information content (AvgIpc) is 2.94. The van der Waals surface area contributed by atoms with Gasteiger partial charge in [-0.25, -0.2) is 4.98 Å². The molecule has 2 saturated carbocycles. The van der Waals surface area contributed by atoms with Gasteiger partial charge in [-0.1, -0.05) is 18.0 Å². The van der Waals surface area contributed by atoms with Crippen molar-refractivity contribution < 1.29 is 0 Å². The van der Waals surface area contributed by atoms with Gasteiger partial charge in [0.1, 0.15) is 5.82 Å². The molecule has 4 unspecified atom stereocenters. The molecule has 98 valence electrons. The topological polar surface area (TPSA) is 50.9 Å². The fourth-order valence-corrected chi connectivity index (χ4v) is 3.97. The molecule has 4 atom stereocenters. The number of nitrogens with two attached hydrogens (primary N) is 1. The Labute approximate surface area is 113 Å². The maximum Gasteiger partial charge on any atom is 0.149 e. The van der Waals surface area contributed by atoms with Gasteiger partial charge >= 0.3 is 0 Å². The summed E-state index contributed by atoms with van der Waals surface area (Å²) < 4.78 is 0. The molecule has 1 aromatic heterocycles. The molecular weight excluding hydrogens is 246 g/mol. The van der Waals surface area contributed by atoms with Gasteiger partial charge in [-0.15, -0.1) is 0 Å². The van der Waals surface area contributed by atoms with E-state index in [9.17, 15) is 0 Å². The highest BCUT2D eigenvalue weighted by atomic mass is 35.5. The van der Waals surface area contributed by atoms with E-state index < -0.39 is 0 Å². The van der Waals surface area contributed by atoms with E-state index in [1.165, 1.54) is 25.7 Å². The van der Waals surface area contributed by atoms with E-state index in [1.54, 1.807) is 12.3 Å². The molecule has 1 aromatic rings. The van der Waals surface area contributed by atoms with Crippen molar-refractivity contribution in [1.29, 1.82) is 0 Å². The molecule has 0 aliphatic heterocycles. The molecule has 2 fully saturated rings. The van der Waals surface area contributed by atoms with Crippen molar-refractivity contribution in [2.45, 2.75) is 38.6 Å². The molecule has 0 amide bonds. The predicted molar refractivity (Wildman–Crippen MR) is 75.7 cm³/mol. The van der Waals surface area contributed by atoms with Gasteiger partial charge in [0.25, 0.3) is 0 Å². The van der Waals surface area contributed by atoms with E-state index in [0.717, 1.165) is 23.6 Å². The largest absolute Gasteiger partial charge is 0.396 e. The SMILES string of the molecule is CC(Nc1ncc(Cl)cc1N)C1CC2CCC1C2. The number of hydrogen-bond donors (Lipinski definition) is 2. The van der Waals surface area contributed by atoms with Crippen molar-refractivity contribution >= 4 is 23.1 Å². The third-order valence-corrected chi connectivity index (χ3v) is 4.89. The Morgan fingerprint density at radius 1 is 1.44 bits per heavy atom. The Morgan fingerprint density at radius 3 is 2.89 bits per heavy atom. The van der Waals surface area contributed by atoms with E-state index >= 15 is 0 Å². The van der Waals surface area contributed by atoms with Crippen molar-refractivity contribution in [3.05, 3.63) is 17.3 Å². The lowest BCUT2D eigenvalue weighted by Crippen LogP contribution is -2.30. The maximum absolute atomic E-state index is 5.93. The zero-order valence-corrected chi connectivity index (χ0v) is 11.5. The average molecular weight is 266 g/mol. The molecule has 0 aromatic carbocycles. The molecule has 4 heteroatoms. The first-order valence-electron chi connectivity index (χ1n) is 6.81. The highest BCUT2D eigenvalue weighted by Gasteiger charge is 2.41. The molecule has 2 aliphatic rings. The number of hydrogen-bond acceptors (Lipinski definition) is 3. The molecule has 2 bridgehead atoms. The molecule has 2 aliphatic carbocycles. The molecule has 0 spiro atoms. The van der Waals surface area contributed by atoms with Crippen LogP contribution in [0.1, 0.15) is 32.6 Å². The third-order valence-electron chi connectivity index (χ3n) is 4.68. The van der Waals surface area contributed by atoms with E-state index in [4.69, 9.17) is 17.3 Å². The minimum Gasteiger partial charge on any atom is -0.396 e. The van der Waals surface area contributed by atoms with E-state index in [1.807, 2.05) is 0 Å². The number of aromatic nitrogens is 1. The van der Waals surface area contributed by atoms with Crippen LogP contribution in [0.2, 0.25) is 5.02 Å². The first-order valence-corrected chi connectivity index (χ1v) is 7.19. The predicted octanol–water partition coefficient (Wildman–Crippen LogP) is 3.55. The lowest BCUT2D eigenvalue weighted by atomic mass is 9.84. The second-order valence-corrected chi connectivity index (χ2v) is 6.30. The lowest BCUT2D eigenvalue weighted by Gasteiger charge is -2.29. The first kappa shape index (κ1) is 12.1. The molecule has 3 N–H and O–H groups in total. The van der Waals surface area contributed by atoms with Gasteiger partial charge in [0.15, 0.2) is 0 Å². The Balaban J connectivity index is 1.69. The minimum atomic E-state index is 0.441. The molecule has 0 saturated heterocycles. The minimum absolute atomic E-state index is 0.441. The van der Waals surface area contributed by atoms with Gasteiger partial charge in [-0.3, -0.25) is 0 Å². The van der Waals surface area contributed by atoms with Crippen molar-refractivity contribution in [2.24, 2.45) is 17.8 Å². The van der Waals surface area contributed by atoms with E-state index in [2.05, 4.69) is 17.2 Å². The summed E-state index contributed by atoms with van der Waals surface area (Å²) in [5, 5.41) is 4.06. The third kappa shape index (κ3) is 2.16. The number of fused-ring (bicyclic) bond motifs is 2. The fraction of sp³-hybridized carbons (Fsp3) is 0.643. The van der Waals surface area contributed by atoms with Gasteiger partial charge < -0.3 is 11.1 Å². The number of nitrogens with one attached hydrogen (secondary N) is 1. The van der Waals surface area contributed by atoms with Crippen LogP contribution in [0.4, 0.5) is 11.5 Å². The number of halogens is 1. The van der Waals surface area contributed by atoms with Gasteiger partial charge in [0.05, 0.1) is 10.7 Å². The summed E-state index contributed by atoms with van der Waals surface area (Å²) in [5.41, 5.74) is 6.57. The number of nitrogens with zero attached hydrogens (tertiary/aromatic N) is 1. The van der Waals surface area contributed by atoms with Crippen LogP contribution in [0, 0.1) is 17.8 Å². The maximum atomic E-state index is 5.93. The molecule has 18 heavy (non-hydrogen) atoms. The normalized spacial score (nSPS) is 31.6. The second-order valence-electron chi connectivity index (χ2n) is 5.86. The van der Waals surface area contributed by atoms with Gasteiger partial charge in [-0.05, 0) is 50.0 Å². The van der Waals surface area contributed by atoms with Crippen LogP contribution in [0.25, 0.3) is 0 Å². The summed E-state index contributed by atoms with van der Waals surface area (Å²) in [6.45, 7) is 2.25. The van der Waals surface area contributed by atoms with Crippen LogP contribution in [0.15, 0.2) is 12.3 Å². The number of nitrogen functional groups attached to an aromatic ring is 1. The van der Waals surface area contributed by atoms with E-state index in [-0.39, 0.29) is 0 Å². The molecule has 3 rings (SSSR count). The summed E-state index contributed by atoms with van der Waals surface area (Å²) in [6, 6.07) is 2.20. The standard InChI is InChI=1S/C14H20ClN3/c1-8(12-5-9-2-3-10(12)4-9)18-14-13(16)6-11(15)7-17-14/h6-10,12H,2-5,16H2,1H3,(H,17,18). The Kier molecular flexibility index (Phi) is 3.10. The number of pyridine rings is 1. The van der Waals surface area contributed by atoms with Gasteiger partial charge in [0, 0.05) is 12.2 Å². The molecule has 0 radical (unpaired) electrons. The van der Waals surface area contributed by atoms with Gasteiger partial charge in [-0.2, -0.15) is 0 Å². The summed E-state index contributed by atoms with van der Waals surface area (Å²) >= 11 is 5.86. The van der Waals surface area contributed by atoms with Crippen LogP contribution in [-0.2, 0) is 0 Å². The highest BCUT2D eigenvalue weighted by Crippen LogP contribution is 2.49. The van der Waals surface area contributed by atoms with Crippen molar-refractivity contribution in [1.82, 2.24) is 4.98 Å². The summed E-state index contributed by atoms with van der Waals surface area (Å²) in [4.78, 5) is 4.28. The van der Waals surface area contributed by atoms with Crippen molar-refractivity contribution in [2.75, 3.05) is 11.1 Å². The quantitative estimate of drug-likeness (QED) is 0.879. The number of rotatable bonds is 3.